The highest BCUT2D eigenvalue weighted by Crippen LogP contribution is 2.23. The first-order valence-electron chi connectivity index (χ1n) is 4.72. The molecule has 12 heavy (non-hydrogen) atoms. The summed E-state index contributed by atoms with van der Waals surface area (Å²) in [5.41, 5.74) is 0.292. The van der Waals surface area contributed by atoms with Gasteiger partial charge in [0.15, 0.2) is 0 Å². The molecule has 0 atom stereocenters. The van der Waals surface area contributed by atoms with E-state index in [4.69, 9.17) is 0 Å². The molecule has 0 bridgehead atoms. The molecule has 0 radical (unpaired) electrons. The summed E-state index contributed by atoms with van der Waals surface area (Å²) in [5.74, 6) is 0. The van der Waals surface area contributed by atoms with Gasteiger partial charge in [-0.3, -0.25) is 10.6 Å². The van der Waals surface area contributed by atoms with Crippen LogP contribution in [0.2, 0.25) is 0 Å². The lowest BCUT2D eigenvalue weighted by atomic mass is 9.96. The average Bonchev–Trinajstić information content (AvgIpc) is 2.13. The maximum absolute atomic E-state index is 3.61. The minimum Gasteiger partial charge on any atom is -0.299 e. The van der Waals surface area contributed by atoms with Gasteiger partial charge in [0, 0.05) is 36.0 Å². The second-order valence-corrected chi connectivity index (χ2v) is 5.06. The first-order chi connectivity index (χ1) is 5.81. The van der Waals surface area contributed by atoms with Crippen LogP contribution >= 0.6 is 22.9 Å². The largest absolute Gasteiger partial charge is 0.299 e. The summed E-state index contributed by atoms with van der Waals surface area (Å²) in [4.78, 5) is 0. The average molecular weight is 281 g/mol. The molecule has 0 aromatic rings. The van der Waals surface area contributed by atoms with Gasteiger partial charge in [-0.1, -0.05) is 0 Å². The molecular weight excluding hydrogens is 265 g/mol. The Morgan fingerprint density at radius 2 is 1.67 bits per heavy atom. The summed E-state index contributed by atoms with van der Waals surface area (Å²) in [6.45, 7) is 4.80. The zero-order chi connectivity index (χ0) is 8.44. The molecule has 2 aliphatic heterocycles. The Balaban J connectivity index is 1.92. The zero-order valence-corrected chi connectivity index (χ0v) is 9.43. The van der Waals surface area contributed by atoms with E-state index < -0.39 is 0 Å². The van der Waals surface area contributed by atoms with E-state index in [0.717, 1.165) is 0 Å². The number of nitrogens with one attached hydrogen (secondary N) is 2. The minimum atomic E-state index is 0.292. The van der Waals surface area contributed by atoms with Gasteiger partial charge in [0.25, 0.3) is 0 Å². The van der Waals surface area contributed by atoms with E-state index in [2.05, 4.69) is 36.6 Å². The van der Waals surface area contributed by atoms with Crippen LogP contribution in [0.5, 0.6) is 0 Å². The molecule has 3 nitrogen and oxygen atoms in total. The van der Waals surface area contributed by atoms with E-state index in [9.17, 15) is 0 Å². The summed E-state index contributed by atoms with van der Waals surface area (Å²) < 4.78 is 2.38. The Kier molecular flexibility index (Phi) is 2.89. The van der Waals surface area contributed by atoms with Crippen LogP contribution in [0.1, 0.15) is 19.3 Å². The van der Waals surface area contributed by atoms with Crippen molar-refractivity contribution in [2.45, 2.75) is 24.9 Å². The predicted molar refractivity (Wildman–Crippen MR) is 58.2 cm³/mol. The van der Waals surface area contributed by atoms with E-state index in [-0.39, 0.29) is 0 Å². The van der Waals surface area contributed by atoms with Crippen molar-refractivity contribution in [3.05, 3.63) is 0 Å². The first-order valence-corrected chi connectivity index (χ1v) is 5.68. The van der Waals surface area contributed by atoms with Crippen LogP contribution in [0.15, 0.2) is 0 Å². The highest BCUT2D eigenvalue weighted by atomic mass is 127. The van der Waals surface area contributed by atoms with E-state index in [0.29, 0.717) is 5.66 Å². The third-order valence-electron chi connectivity index (χ3n) is 2.84. The number of nitrogens with zero attached hydrogens (tertiary/aromatic N) is 1. The summed E-state index contributed by atoms with van der Waals surface area (Å²) in [5, 5.41) is 7.23. The van der Waals surface area contributed by atoms with E-state index >= 15 is 0 Å². The van der Waals surface area contributed by atoms with Gasteiger partial charge >= 0.3 is 0 Å². The van der Waals surface area contributed by atoms with Gasteiger partial charge in [-0.15, -0.1) is 0 Å². The topological polar surface area (TPSA) is 27.3 Å². The fourth-order valence-electron chi connectivity index (χ4n) is 2.02. The van der Waals surface area contributed by atoms with Gasteiger partial charge in [0.1, 0.15) is 0 Å². The lowest BCUT2D eigenvalue weighted by Gasteiger charge is -2.44. The molecule has 2 N–H and O–H groups in total. The number of halogens is 1. The van der Waals surface area contributed by atoms with Crippen LogP contribution in [-0.4, -0.2) is 35.0 Å². The van der Waals surface area contributed by atoms with Crippen molar-refractivity contribution in [1.82, 2.24) is 13.7 Å². The predicted octanol–water partition coefficient (Wildman–Crippen LogP) is 0.711. The molecule has 1 spiro atoms. The fraction of sp³-hybridized carbons (Fsp3) is 1.00. The van der Waals surface area contributed by atoms with Gasteiger partial charge in [0.2, 0.25) is 0 Å². The van der Waals surface area contributed by atoms with Crippen molar-refractivity contribution in [2.24, 2.45) is 0 Å². The number of hydrogen-bond donors (Lipinski definition) is 2. The second kappa shape index (κ2) is 3.77. The highest BCUT2D eigenvalue weighted by Gasteiger charge is 2.34. The van der Waals surface area contributed by atoms with Crippen LogP contribution in [0.25, 0.3) is 0 Å². The lowest BCUT2D eigenvalue weighted by Crippen LogP contribution is -2.64. The van der Waals surface area contributed by atoms with Crippen molar-refractivity contribution >= 4 is 22.9 Å². The minimum absolute atomic E-state index is 0.292. The van der Waals surface area contributed by atoms with Gasteiger partial charge in [-0.25, -0.2) is 3.11 Å². The normalized spacial score (nSPS) is 30.8. The molecule has 0 aromatic heterocycles. The summed E-state index contributed by atoms with van der Waals surface area (Å²) >= 11 is 2.41. The third-order valence-corrected chi connectivity index (χ3v) is 3.81. The van der Waals surface area contributed by atoms with Crippen molar-refractivity contribution < 1.29 is 0 Å². The van der Waals surface area contributed by atoms with Gasteiger partial charge in [-0.2, -0.15) is 0 Å². The molecule has 70 valence electrons. The van der Waals surface area contributed by atoms with Gasteiger partial charge in [0.05, 0.1) is 5.66 Å². The van der Waals surface area contributed by atoms with Crippen LogP contribution in [0.3, 0.4) is 0 Å². The smallest absolute Gasteiger partial charge is 0.0712 e. The van der Waals surface area contributed by atoms with Crippen LogP contribution < -0.4 is 10.6 Å². The van der Waals surface area contributed by atoms with E-state index in [1.54, 1.807) is 0 Å². The maximum atomic E-state index is 3.61. The SMILES string of the molecule is IN1CCC2(CC1)NCCCN2. The van der Waals surface area contributed by atoms with Crippen LogP contribution in [-0.2, 0) is 0 Å². The Hall–Kier alpha value is 0.610. The number of rotatable bonds is 0. The van der Waals surface area contributed by atoms with Crippen molar-refractivity contribution in [3.8, 4) is 0 Å². The quantitative estimate of drug-likeness (QED) is 0.506. The van der Waals surface area contributed by atoms with Crippen molar-refractivity contribution in [2.75, 3.05) is 26.2 Å². The zero-order valence-electron chi connectivity index (χ0n) is 7.27. The molecule has 0 unspecified atom stereocenters. The van der Waals surface area contributed by atoms with Crippen molar-refractivity contribution in [3.63, 3.8) is 0 Å². The second-order valence-electron chi connectivity index (χ2n) is 3.70. The Morgan fingerprint density at radius 1 is 1.08 bits per heavy atom. The fourth-order valence-corrected chi connectivity index (χ4v) is 2.50. The molecular formula is C8H16IN3. The summed E-state index contributed by atoms with van der Waals surface area (Å²) in [7, 11) is 0. The van der Waals surface area contributed by atoms with Crippen LogP contribution in [0, 0.1) is 0 Å². The van der Waals surface area contributed by atoms with E-state index in [1.807, 2.05) is 0 Å². The highest BCUT2D eigenvalue weighted by molar-refractivity contribution is 14.1. The van der Waals surface area contributed by atoms with Crippen molar-refractivity contribution in [1.29, 1.82) is 0 Å². The van der Waals surface area contributed by atoms with Crippen LogP contribution in [0.4, 0.5) is 0 Å². The lowest BCUT2D eigenvalue weighted by molar-refractivity contribution is 0.144. The molecule has 2 heterocycles. The number of piperidine rings is 1. The molecule has 2 rings (SSSR count). The van der Waals surface area contributed by atoms with E-state index in [1.165, 1.54) is 45.4 Å². The standard InChI is InChI=1S/C8H16IN3/c9-12-6-2-8(3-7-12)10-4-1-5-11-8/h10-11H,1-7H2. The van der Waals surface area contributed by atoms with Gasteiger partial charge in [-0.05, 0) is 32.4 Å². The Labute approximate surface area is 87.8 Å². The summed E-state index contributed by atoms with van der Waals surface area (Å²) in [6, 6.07) is 0. The molecule has 4 heteroatoms. The third kappa shape index (κ3) is 1.92. The molecule has 0 amide bonds. The first kappa shape index (κ1) is 9.18. The molecule has 2 aliphatic rings. The molecule has 0 saturated carbocycles. The maximum Gasteiger partial charge on any atom is 0.0712 e. The monoisotopic (exact) mass is 281 g/mol. The molecule has 2 fully saturated rings. The number of hydrogen-bond acceptors (Lipinski definition) is 3. The summed E-state index contributed by atoms with van der Waals surface area (Å²) in [6.07, 6.45) is 3.77. The Morgan fingerprint density at radius 3 is 2.25 bits per heavy atom. The molecule has 2 saturated heterocycles. The molecule has 0 aliphatic carbocycles. The van der Waals surface area contributed by atoms with Gasteiger partial charge < -0.3 is 0 Å². The Bertz CT molecular complexity index is 146. The molecule has 0 aromatic carbocycles.